The standard InChI is InChI=1S/C33H33N3O5S/c1-6-9-25-29(32(38)39-7-2)30(22-12-13-26-27(16-22)41-18-40-26)36-31(37)28(42-33(36)34-25)17-23-15-20(4)35(21(23)5)24-11-8-10-19(3)14-24/h8,10-17,30H,6-7,9,18H2,1-5H3/b28-17+/t30-/m0/s1. The van der Waals surface area contributed by atoms with E-state index in [0.717, 1.165) is 34.6 Å². The molecule has 1 atom stereocenters. The maximum Gasteiger partial charge on any atom is 0.338 e. The lowest BCUT2D eigenvalue weighted by Gasteiger charge is -2.25. The van der Waals surface area contributed by atoms with E-state index in [0.29, 0.717) is 38.5 Å². The van der Waals surface area contributed by atoms with E-state index in [9.17, 15) is 9.59 Å². The molecule has 6 rings (SSSR count). The summed E-state index contributed by atoms with van der Waals surface area (Å²) in [6.45, 7) is 10.4. The molecule has 8 nitrogen and oxygen atoms in total. The molecule has 9 heteroatoms. The molecule has 0 unspecified atom stereocenters. The zero-order valence-corrected chi connectivity index (χ0v) is 25.2. The van der Waals surface area contributed by atoms with Crippen molar-refractivity contribution in [1.82, 2.24) is 9.13 Å². The van der Waals surface area contributed by atoms with Crippen LogP contribution in [-0.4, -0.2) is 28.5 Å². The number of benzene rings is 2. The minimum Gasteiger partial charge on any atom is -0.463 e. The van der Waals surface area contributed by atoms with Gasteiger partial charge in [0.05, 0.1) is 28.5 Å². The molecule has 4 heterocycles. The van der Waals surface area contributed by atoms with Crippen LogP contribution in [-0.2, 0) is 9.53 Å². The number of thiazole rings is 1. The fraction of sp³-hybridized carbons (Fsp3) is 0.303. The molecule has 0 saturated heterocycles. The molecule has 42 heavy (non-hydrogen) atoms. The summed E-state index contributed by atoms with van der Waals surface area (Å²) in [5.41, 5.74) is 6.88. The van der Waals surface area contributed by atoms with Crippen molar-refractivity contribution >= 4 is 23.4 Å². The van der Waals surface area contributed by atoms with Gasteiger partial charge in [0, 0.05) is 17.1 Å². The smallest absolute Gasteiger partial charge is 0.338 e. The number of esters is 1. The van der Waals surface area contributed by atoms with Gasteiger partial charge in [-0.25, -0.2) is 9.79 Å². The van der Waals surface area contributed by atoms with Crippen LogP contribution in [0.25, 0.3) is 11.8 Å². The van der Waals surface area contributed by atoms with Crippen LogP contribution in [0, 0.1) is 20.8 Å². The second-order valence-electron chi connectivity index (χ2n) is 10.5. The van der Waals surface area contributed by atoms with Crippen molar-refractivity contribution in [2.24, 2.45) is 4.99 Å². The number of aryl methyl sites for hydroxylation is 2. The third-order valence-corrected chi connectivity index (χ3v) is 8.60. The lowest BCUT2D eigenvalue weighted by molar-refractivity contribution is -0.139. The highest BCUT2D eigenvalue weighted by molar-refractivity contribution is 7.07. The van der Waals surface area contributed by atoms with Gasteiger partial charge in [-0.2, -0.15) is 0 Å². The highest BCUT2D eigenvalue weighted by Crippen LogP contribution is 2.39. The second-order valence-corrected chi connectivity index (χ2v) is 11.5. The number of ether oxygens (including phenoxy) is 3. The van der Waals surface area contributed by atoms with Crippen LogP contribution in [0.15, 0.2) is 69.6 Å². The zero-order valence-electron chi connectivity index (χ0n) is 24.4. The van der Waals surface area contributed by atoms with Crippen LogP contribution < -0.4 is 24.4 Å². The normalized spacial score (nSPS) is 16.0. The predicted octanol–water partition coefficient (Wildman–Crippen LogP) is 5.02. The van der Waals surface area contributed by atoms with E-state index in [2.05, 4.69) is 49.6 Å². The molecule has 0 amide bonds. The molecule has 2 aliphatic rings. The first-order valence-electron chi connectivity index (χ1n) is 14.2. The number of fused-ring (bicyclic) bond motifs is 2. The fourth-order valence-corrected chi connectivity index (χ4v) is 6.77. The quantitative estimate of drug-likeness (QED) is 0.285. The largest absolute Gasteiger partial charge is 0.463 e. The molecule has 216 valence electrons. The molecule has 0 fully saturated rings. The summed E-state index contributed by atoms with van der Waals surface area (Å²) in [5.74, 6) is 0.740. The molecule has 2 aliphatic heterocycles. The van der Waals surface area contributed by atoms with Crippen molar-refractivity contribution in [2.45, 2.75) is 53.5 Å². The van der Waals surface area contributed by atoms with Gasteiger partial charge in [0.15, 0.2) is 16.3 Å². The Morgan fingerprint density at radius 1 is 1.10 bits per heavy atom. The van der Waals surface area contributed by atoms with E-state index in [4.69, 9.17) is 19.2 Å². The predicted molar refractivity (Wildman–Crippen MR) is 162 cm³/mol. The maximum absolute atomic E-state index is 14.2. The van der Waals surface area contributed by atoms with E-state index in [1.807, 2.05) is 37.3 Å². The van der Waals surface area contributed by atoms with E-state index >= 15 is 0 Å². The van der Waals surface area contributed by atoms with Crippen molar-refractivity contribution in [3.63, 3.8) is 0 Å². The van der Waals surface area contributed by atoms with Crippen LogP contribution in [0.3, 0.4) is 0 Å². The van der Waals surface area contributed by atoms with Crippen LogP contribution >= 0.6 is 11.3 Å². The van der Waals surface area contributed by atoms with Gasteiger partial charge in [-0.1, -0.05) is 42.9 Å². The van der Waals surface area contributed by atoms with Crippen molar-refractivity contribution in [2.75, 3.05) is 13.4 Å². The lowest BCUT2D eigenvalue weighted by atomic mass is 9.94. The number of rotatable bonds is 7. The van der Waals surface area contributed by atoms with Crippen LogP contribution in [0.1, 0.15) is 60.8 Å². The summed E-state index contributed by atoms with van der Waals surface area (Å²) in [5, 5.41) is 0. The number of carbonyl (C=O) groups is 1. The number of nitrogens with zero attached hydrogens (tertiary/aromatic N) is 3. The first kappa shape index (κ1) is 27.8. The highest BCUT2D eigenvalue weighted by Gasteiger charge is 2.35. The Labute approximate surface area is 247 Å². The summed E-state index contributed by atoms with van der Waals surface area (Å²) in [6.07, 6.45) is 3.30. The Balaban J connectivity index is 1.55. The van der Waals surface area contributed by atoms with E-state index < -0.39 is 12.0 Å². The molecule has 4 aromatic rings. The Bertz CT molecular complexity index is 1930. The molecular weight excluding hydrogens is 550 g/mol. The van der Waals surface area contributed by atoms with E-state index in [1.165, 1.54) is 16.9 Å². The summed E-state index contributed by atoms with van der Waals surface area (Å²) in [4.78, 5) is 33.1. The van der Waals surface area contributed by atoms with Gasteiger partial charge in [-0.3, -0.25) is 9.36 Å². The molecule has 0 bridgehead atoms. The Morgan fingerprint density at radius 3 is 2.67 bits per heavy atom. The van der Waals surface area contributed by atoms with Gasteiger partial charge >= 0.3 is 5.97 Å². The van der Waals surface area contributed by atoms with Crippen LogP contribution in [0.2, 0.25) is 0 Å². The number of hydrogen-bond acceptors (Lipinski definition) is 7. The van der Waals surface area contributed by atoms with Crippen LogP contribution in [0.5, 0.6) is 11.5 Å². The third kappa shape index (κ3) is 4.77. The summed E-state index contributed by atoms with van der Waals surface area (Å²) >= 11 is 1.34. The van der Waals surface area contributed by atoms with Crippen molar-refractivity contribution in [1.29, 1.82) is 0 Å². The first-order valence-corrected chi connectivity index (χ1v) is 15.0. The van der Waals surface area contributed by atoms with Crippen molar-refractivity contribution < 1.29 is 19.0 Å². The average molecular weight is 584 g/mol. The molecule has 0 saturated carbocycles. The van der Waals surface area contributed by atoms with Crippen molar-refractivity contribution in [3.8, 4) is 17.2 Å². The van der Waals surface area contributed by atoms with Crippen molar-refractivity contribution in [3.05, 3.63) is 108 Å². The summed E-state index contributed by atoms with van der Waals surface area (Å²) in [7, 11) is 0. The van der Waals surface area contributed by atoms with Gasteiger partial charge in [0.2, 0.25) is 6.79 Å². The number of allylic oxidation sites excluding steroid dienone is 1. The second kappa shape index (κ2) is 11.1. The van der Waals surface area contributed by atoms with Gasteiger partial charge in [0.25, 0.3) is 5.56 Å². The number of hydrogen-bond donors (Lipinski definition) is 0. The van der Waals surface area contributed by atoms with Crippen LogP contribution in [0.4, 0.5) is 0 Å². The first-order chi connectivity index (χ1) is 20.3. The Kier molecular flexibility index (Phi) is 7.36. The van der Waals surface area contributed by atoms with E-state index in [-0.39, 0.29) is 19.0 Å². The lowest BCUT2D eigenvalue weighted by Crippen LogP contribution is -2.40. The SMILES string of the molecule is CCCC1=C(C(=O)OCC)[C@H](c2ccc3c(c2)OCO3)n2c(s/c(=C/c3cc(C)n(-c4cccc(C)c4)c3C)c2=O)=N1. The minimum absolute atomic E-state index is 0.129. The fourth-order valence-electron chi connectivity index (χ4n) is 5.76. The minimum atomic E-state index is -0.710. The Hall–Kier alpha value is -4.37. The van der Waals surface area contributed by atoms with Gasteiger partial charge in [-0.15, -0.1) is 0 Å². The molecule has 0 spiro atoms. The summed E-state index contributed by atoms with van der Waals surface area (Å²) < 4.78 is 21.0. The highest BCUT2D eigenvalue weighted by atomic mass is 32.1. The molecule has 0 N–H and O–H groups in total. The molecular formula is C33H33N3O5S. The summed E-state index contributed by atoms with van der Waals surface area (Å²) in [6, 6.07) is 15.3. The topological polar surface area (TPSA) is 84.0 Å². The monoisotopic (exact) mass is 583 g/mol. The molecule has 0 radical (unpaired) electrons. The maximum atomic E-state index is 14.2. The number of carbonyl (C=O) groups excluding carboxylic acids is 1. The Morgan fingerprint density at radius 2 is 1.90 bits per heavy atom. The number of aromatic nitrogens is 2. The van der Waals surface area contributed by atoms with E-state index in [1.54, 1.807) is 11.5 Å². The zero-order chi connectivity index (χ0) is 29.5. The molecule has 2 aromatic carbocycles. The van der Waals surface area contributed by atoms with Gasteiger partial charge in [-0.05, 0) is 87.2 Å². The molecule has 2 aromatic heterocycles. The molecule has 0 aliphatic carbocycles. The van der Waals surface area contributed by atoms with Gasteiger partial charge in [0.1, 0.15) is 0 Å². The third-order valence-electron chi connectivity index (χ3n) is 7.62. The van der Waals surface area contributed by atoms with Gasteiger partial charge < -0.3 is 18.8 Å². The average Bonchev–Trinajstić information content (AvgIpc) is 3.63.